The maximum absolute atomic E-state index is 12.6. The standard InChI is InChI=1S/C24H28N4O3/c29-23(26-16-18-8-2-1-3-9-18)17-28-20-11-5-4-10-19(20)27-22(28)13-6-14-25-24(30)21-12-7-15-31-21/h1-5,8-11,21H,6-7,12-17H2,(H,25,30)(H,26,29). The van der Waals surface area contributed by atoms with Crippen molar-refractivity contribution in [2.45, 2.75) is 44.9 Å². The number of ether oxygens (including phenoxy) is 1. The second-order valence-electron chi connectivity index (χ2n) is 7.76. The van der Waals surface area contributed by atoms with Crippen LogP contribution in [-0.4, -0.2) is 40.6 Å². The molecule has 2 amide bonds. The van der Waals surface area contributed by atoms with Crippen molar-refractivity contribution in [1.29, 1.82) is 0 Å². The number of hydrogen-bond donors (Lipinski definition) is 2. The van der Waals surface area contributed by atoms with Crippen molar-refractivity contribution in [2.75, 3.05) is 13.2 Å². The predicted octanol–water partition coefficient (Wildman–Crippen LogP) is 2.58. The molecule has 1 atom stereocenters. The molecule has 1 aliphatic rings. The summed E-state index contributed by atoms with van der Waals surface area (Å²) in [6.45, 7) is 1.93. The third-order valence-corrected chi connectivity index (χ3v) is 5.47. The fourth-order valence-electron chi connectivity index (χ4n) is 3.85. The number of nitrogens with one attached hydrogen (secondary N) is 2. The predicted molar refractivity (Wildman–Crippen MR) is 118 cm³/mol. The molecule has 2 aromatic carbocycles. The number of nitrogens with zero attached hydrogens (tertiary/aromatic N) is 2. The Bertz CT molecular complexity index is 1030. The lowest BCUT2D eigenvalue weighted by Crippen LogP contribution is -2.34. The molecule has 7 heteroatoms. The van der Waals surface area contributed by atoms with Gasteiger partial charge in [0.05, 0.1) is 11.0 Å². The zero-order chi connectivity index (χ0) is 21.5. The Kier molecular flexibility index (Phi) is 6.94. The number of benzene rings is 2. The van der Waals surface area contributed by atoms with E-state index in [1.807, 2.05) is 59.2 Å². The number of aryl methyl sites for hydroxylation is 1. The van der Waals surface area contributed by atoms with Gasteiger partial charge in [0, 0.05) is 26.1 Å². The summed E-state index contributed by atoms with van der Waals surface area (Å²) in [5, 5.41) is 5.93. The summed E-state index contributed by atoms with van der Waals surface area (Å²) in [4.78, 5) is 29.4. The highest BCUT2D eigenvalue weighted by molar-refractivity contribution is 5.81. The molecule has 1 fully saturated rings. The molecule has 0 bridgehead atoms. The van der Waals surface area contributed by atoms with E-state index >= 15 is 0 Å². The van der Waals surface area contributed by atoms with Crippen molar-refractivity contribution < 1.29 is 14.3 Å². The summed E-state index contributed by atoms with van der Waals surface area (Å²) >= 11 is 0. The summed E-state index contributed by atoms with van der Waals surface area (Å²) in [7, 11) is 0. The third kappa shape index (κ3) is 5.49. The Morgan fingerprint density at radius 1 is 1.06 bits per heavy atom. The van der Waals surface area contributed by atoms with Crippen LogP contribution in [0.1, 0.15) is 30.7 Å². The molecule has 0 radical (unpaired) electrons. The van der Waals surface area contributed by atoms with Crippen LogP contribution >= 0.6 is 0 Å². The molecule has 0 spiro atoms. The first-order chi connectivity index (χ1) is 15.2. The number of amides is 2. The van der Waals surface area contributed by atoms with Gasteiger partial charge in [-0.1, -0.05) is 42.5 Å². The number of para-hydroxylation sites is 2. The van der Waals surface area contributed by atoms with Gasteiger partial charge in [-0.2, -0.15) is 0 Å². The number of carbonyl (C=O) groups excluding carboxylic acids is 2. The van der Waals surface area contributed by atoms with E-state index in [1.54, 1.807) is 0 Å². The van der Waals surface area contributed by atoms with Crippen molar-refractivity contribution in [3.8, 4) is 0 Å². The summed E-state index contributed by atoms with van der Waals surface area (Å²) in [5.41, 5.74) is 2.88. The first-order valence-corrected chi connectivity index (χ1v) is 10.8. The Hall–Kier alpha value is -3.19. The highest BCUT2D eigenvalue weighted by Crippen LogP contribution is 2.17. The Morgan fingerprint density at radius 2 is 1.87 bits per heavy atom. The summed E-state index contributed by atoms with van der Waals surface area (Å²) in [5.74, 6) is 0.758. The number of fused-ring (bicyclic) bond motifs is 1. The number of hydrogen-bond acceptors (Lipinski definition) is 4. The highest BCUT2D eigenvalue weighted by atomic mass is 16.5. The van der Waals surface area contributed by atoms with Crippen LogP contribution in [0.15, 0.2) is 54.6 Å². The third-order valence-electron chi connectivity index (χ3n) is 5.47. The maximum atomic E-state index is 12.6. The van der Waals surface area contributed by atoms with Gasteiger partial charge in [0.1, 0.15) is 18.5 Å². The molecule has 2 N–H and O–H groups in total. The molecular weight excluding hydrogens is 392 g/mol. The van der Waals surface area contributed by atoms with Gasteiger partial charge < -0.3 is 19.9 Å². The minimum absolute atomic E-state index is 0.0358. The van der Waals surface area contributed by atoms with Crippen LogP contribution in [-0.2, 0) is 33.8 Å². The fraction of sp³-hybridized carbons (Fsp3) is 0.375. The van der Waals surface area contributed by atoms with Gasteiger partial charge in [-0.15, -0.1) is 0 Å². The summed E-state index contributed by atoms with van der Waals surface area (Å²) < 4.78 is 7.38. The minimum atomic E-state index is -0.308. The number of rotatable bonds is 9. The van der Waals surface area contributed by atoms with Crippen LogP contribution in [0, 0.1) is 0 Å². The summed E-state index contributed by atoms with van der Waals surface area (Å²) in [6.07, 6.45) is 2.84. The normalized spacial score (nSPS) is 15.8. The second kappa shape index (κ2) is 10.2. The SMILES string of the molecule is O=C(Cn1c(CCCNC(=O)C2CCCO2)nc2ccccc21)NCc1ccccc1. The van der Waals surface area contributed by atoms with Gasteiger partial charge >= 0.3 is 0 Å². The molecule has 4 rings (SSSR count). The minimum Gasteiger partial charge on any atom is -0.368 e. The van der Waals surface area contributed by atoms with Crippen molar-refractivity contribution in [3.63, 3.8) is 0 Å². The van der Waals surface area contributed by atoms with Crippen LogP contribution in [0.5, 0.6) is 0 Å². The zero-order valence-electron chi connectivity index (χ0n) is 17.5. The molecule has 162 valence electrons. The van der Waals surface area contributed by atoms with Crippen LogP contribution in [0.4, 0.5) is 0 Å². The van der Waals surface area contributed by atoms with E-state index in [1.165, 1.54) is 0 Å². The Balaban J connectivity index is 1.36. The van der Waals surface area contributed by atoms with E-state index in [2.05, 4.69) is 10.6 Å². The van der Waals surface area contributed by atoms with E-state index in [4.69, 9.17) is 9.72 Å². The van der Waals surface area contributed by atoms with Gasteiger partial charge in [0.25, 0.3) is 0 Å². The first kappa shape index (κ1) is 21.1. The molecule has 2 heterocycles. The fourth-order valence-corrected chi connectivity index (χ4v) is 3.85. The molecule has 1 aromatic heterocycles. The lowest BCUT2D eigenvalue weighted by Gasteiger charge is -2.12. The average Bonchev–Trinajstić information content (AvgIpc) is 3.45. The monoisotopic (exact) mass is 420 g/mol. The first-order valence-electron chi connectivity index (χ1n) is 10.8. The number of imidazole rings is 1. The van der Waals surface area contributed by atoms with Gasteiger partial charge in [-0.05, 0) is 37.0 Å². The molecule has 1 unspecified atom stereocenters. The van der Waals surface area contributed by atoms with Crippen molar-refractivity contribution >= 4 is 22.8 Å². The second-order valence-corrected chi connectivity index (χ2v) is 7.76. The molecule has 3 aromatic rings. The Labute approximate surface area is 181 Å². The topological polar surface area (TPSA) is 85.2 Å². The smallest absolute Gasteiger partial charge is 0.249 e. The zero-order valence-corrected chi connectivity index (χ0v) is 17.5. The number of carbonyl (C=O) groups is 2. The van der Waals surface area contributed by atoms with E-state index in [9.17, 15) is 9.59 Å². The van der Waals surface area contributed by atoms with Crippen LogP contribution < -0.4 is 10.6 Å². The Morgan fingerprint density at radius 3 is 2.68 bits per heavy atom. The lowest BCUT2D eigenvalue weighted by atomic mass is 10.2. The van der Waals surface area contributed by atoms with Gasteiger partial charge in [0.2, 0.25) is 11.8 Å². The molecule has 1 saturated heterocycles. The summed E-state index contributed by atoms with van der Waals surface area (Å²) in [6, 6.07) is 17.7. The molecule has 1 aliphatic heterocycles. The lowest BCUT2D eigenvalue weighted by molar-refractivity contribution is -0.130. The molecular formula is C24H28N4O3. The van der Waals surface area contributed by atoms with E-state index < -0.39 is 0 Å². The highest BCUT2D eigenvalue weighted by Gasteiger charge is 2.23. The molecule has 31 heavy (non-hydrogen) atoms. The van der Waals surface area contributed by atoms with Crippen molar-refractivity contribution in [3.05, 3.63) is 66.0 Å². The molecule has 0 aliphatic carbocycles. The van der Waals surface area contributed by atoms with E-state index in [-0.39, 0.29) is 24.5 Å². The quantitative estimate of drug-likeness (QED) is 0.521. The van der Waals surface area contributed by atoms with Gasteiger partial charge in [-0.3, -0.25) is 9.59 Å². The molecule has 7 nitrogen and oxygen atoms in total. The van der Waals surface area contributed by atoms with Crippen molar-refractivity contribution in [2.24, 2.45) is 0 Å². The van der Waals surface area contributed by atoms with Crippen LogP contribution in [0.2, 0.25) is 0 Å². The van der Waals surface area contributed by atoms with Crippen molar-refractivity contribution in [1.82, 2.24) is 20.2 Å². The van der Waals surface area contributed by atoms with Gasteiger partial charge in [-0.25, -0.2) is 4.98 Å². The maximum Gasteiger partial charge on any atom is 0.249 e. The largest absolute Gasteiger partial charge is 0.368 e. The van der Waals surface area contributed by atoms with E-state index in [0.29, 0.717) is 26.1 Å². The van der Waals surface area contributed by atoms with E-state index in [0.717, 1.165) is 41.7 Å². The van der Waals surface area contributed by atoms with Gasteiger partial charge in [0.15, 0.2) is 0 Å². The average molecular weight is 421 g/mol. The number of aromatic nitrogens is 2. The van der Waals surface area contributed by atoms with Crippen LogP contribution in [0.25, 0.3) is 11.0 Å². The molecule has 0 saturated carbocycles. The van der Waals surface area contributed by atoms with Crippen LogP contribution in [0.3, 0.4) is 0 Å².